The summed E-state index contributed by atoms with van der Waals surface area (Å²) in [6.07, 6.45) is 0. The molecule has 3 aromatic rings. The molecule has 0 fully saturated rings. The third kappa shape index (κ3) is 3.89. The summed E-state index contributed by atoms with van der Waals surface area (Å²) < 4.78 is 6.25. The van der Waals surface area contributed by atoms with Crippen LogP contribution in [0.1, 0.15) is 17.3 Å². The molecule has 24 heavy (non-hydrogen) atoms. The van der Waals surface area contributed by atoms with E-state index in [1.165, 1.54) is 11.3 Å². The maximum atomic E-state index is 12.2. The molecule has 2 aromatic heterocycles. The summed E-state index contributed by atoms with van der Waals surface area (Å²) in [6, 6.07) is 9.19. The first-order chi connectivity index (χ1) is 11.6. The average molecular weight is 399 g/mol. The summed E-state index contributed by atoms with van der Waals surface area (Å²) in [5.74, 6) is 0.490. The van der Waals surface area contributed by atoms with E-state index in [2.05, 4.69) is 10.3 Å². The smallest absolute Gasteiger partial charge is 0.259 e. The number of carbonyl (C=O) groups excluding carboxylic acids is 1. The molecule has 4 nitrogen and oxygen atoms in total. The molecule has 3 rings (SSSR count). The van der Waals surface area contributed by atoms with Crippen molar-refractivity contribution in [2.45, 2.75) is 6.92 Å². The van der Waals surface area contributed by atoms with Gasteiger partial charge in [-0.3, -0.25) is 10.1 Å². The van der Waals surface area contributed by atoms with Crippen LogP contribution in [0.15, 0.2) is 35.7 Å². The van der Waals surface area contributed by atoms with E-state index in [-0.39, 0.29) is 5.91 Å². The van der Waals surface area contributed by atoms with Gasteiger partial charge in [-0.1, -0.05) is 23.2 Å². The van der Waals surface area contributed by atoms with E-state index in [1.807, 2.05) is 36.6 Å². The van der Waals surface area contributed by atoms with E-state index < -0.39 is 0 Å². The van der Waals surface area contributed by atoms with Crippen LogP contribution in [0.25, 0.3) is 11.3 Å². The van der Waals surface area contributed by atoms with Gasteiger partial charge >= 0.3 is 0 Å². The predicted octanol–water partition coefficient (Wildman–Crippen LogP) is 5.83. The van der Waals surface area contributed by atoms with Gasteiger partial charge in [-0.15, -0.1) is 22.7 Å². The number of hydrogen-bond donors (Lipinski definition) is 1. The predicted molar refractivity (Wildman–Crippen MR) is 101 cm³/mol. The lowest BCUT2D eigenvalue weighted by atomic mass is 10.2. The van der Waals surface area contributed by atoms with Gasteiger partial charge in [0.05, 0.1) is 22.2 Å². The number of amides is 1. The molecule has 124 valence electrons. The number of thiazole rings is 1. The van der Waals surface area contributed by atoms with Crippen molar-refractivity contribution in [2.75, 3.05) is 11.9 Å². The Balaban J connectivity index is 1.73. The van der Waals surface area contributed by atoms with Gasteiger partial charge in [0.2, 0.25) is 0 Å². The molecule has 1 N–H and O–H groups in total. The topological polar surface area (TPSA) is 51.2 Å². The number of hydrogen-bond acceptors (Lipinski definition) is 5. The second kappa shape index (κ2) is 7.53. The van der Waals surface area contributed by atoms with E-state index >= 15 is 0 Å². The molecule has 0 aliphatic rings. The highest BCUT2D eigenvalue weighted by Gasteiger charge is 2.16. The summed E-state index contributed by atoms with van der Waals surface area (Å²) >= 11 is 14.4. The summed E-state index contributed by atoms with van der Waals surface area (Å²) in [4.78, 5) is 16.6. The number of nitrogens with zero attached hydrogens (tertiary/aromatic N) is 1. The Morgan fingerprint density at radius 2 is 2.04 bits per heavy atom. The summed E-state index contributed by atoms with van der Waals surface area (Å²) in [5.41, 5.74) is 2.09. The molecule has 0 atom stereocenters. The van der Waals surface area contributed by atoms with Crippen molar-refractivity contribution < 1.29 is 9.53 Å². The zero-order valence-electron chi connectivity index (χ0n) is 12.5. The molecule has 0 saturated heterocycles. The zero-order chi connectivity index (χ0) is 17.1. The van der Waals surface area contributed by atoms with Crippen molar-refractivity contribution in [1.29, 1.82) is 0 Å². The van der Waals surface area contributed by atoms with Crippen LogP contribution in [0.3, 0.4) is 0 Å². The number of thiophene rings is 1. The Labute approximate surface area is 157 Å². The SMILES string of the molecule is CCOc1ccc(-c2csc(NC(=O)c3cc(Cl)sc3Cl)n2)cc1. The maximum absolute atomic E-state index is 12.2. The van der Waals surface area contributed by atoms with Gasteiger partial charge in [0, 0.05) is 10.9 Å². The first-order valence-corrected chi connectivity index (χ1v) is 9.47. The fraction of sp³-hybridized carbons (Fsp3) is 0.125. The average Bonchev–Trinajstić information content (AvgIpc) is 3.15. The number of carbonyl (C=O) groups is 1. The highest BCUT2D eigenvalue weighted by molar-refractivity contribution is 7.20. The monoisotopic (exact) mass is 398 g/mol. The van der Waals surface area contributed by atoms with E-state index in [4.69, 9.17) is 27.9 Å². The van der Waals surface area contributed by atoms with Gasteiger partial charge in [0.15, 0.2) is 5.13 Å². The van der Waals surface area contributed by atoms with Gasteiger partial charge in [0.25, 0.3) is 5.91 Å². The van der Waals surface area contributed by atoms with Crippen LogP contribution in [0, 0.1) is 0 Å². The molecule has 0 spiro atoms. The Kier molecular flexibility index (Phi) is 5.40. The third-order valence-electron chi connectivity index (χ3n) is 3.09. The van der Waals surface area contributed by atoms with Crippen LogP contribution in [0.4, 0.5) is 5.13 Å². The van der Waals surface area contributed by atoms with Crippen LogP contribution in [-0.2, 0) is 0 Å². The van der Waals surface area contributed by atoms with Gasteiger partial charge < -0.3 is 4.74 Å². The normalized spacial score (nSPS) is 10.6. The van der Waals surface area contributed by atoms with Crippen LogP contribution >= 0.6 is 45.9 Å². The molecule has 0 radical (unpaired) electrons. The van der Waals surface area contributed by atoms with Crippen LogP contribution in [0.5, 0.6) is 5.75 Å². The molecular formula is C16H12Cl2N2O2S2. The lowest BCUT2D eigenvalue weighted by molar-refractivity contribution is 0.102. The molecule has 1 aromatic carbocycles. The first-order valence-electron chi connectivity index (χ1n) is 7.01. The van der Waals surface area contributed by atoms with Gasteiger partial charge in [-0.2, -0.15) is 0 Å². The highest BCUT2D eigenvalue weighted by atomic mass is 35.5. The molecule has 0 aliphatic carbocycles. The number of ether oxygens (including phenoxy) is 1. The van der Waals surface area contributed by atoms with Crippen molar-refractivity contribution >= 4 is 56.9 Å². The molecule has 0 bridgehead atoms. The highest BCUT2D eigenvalue weighted by Crippen LogP contribution is 2.32. The number of benzene rings is 1. The van der Waals surface area contributed by atoms with E-state index in [1.54, 1.807) is 6.07 Å². The van der Waals surface area contributed by atoms with Gasteiger partial charge in [-0.05, 0) is 37.3 Å². The van der Waals surface area contributed by atoms with Gasteiger partial charge in [0.1, 0.15) is 10.1 Å². The van der Waals surface area contributed by atoms with Crippen molar-refractivity contribution in [3.63, 3.8) is 0 Å². The molecular weight excluding hydrogens is 387 g/mol. The molecule has 2 heterocycles. The summed E-state index contributed by atoms with van der Waals surface area (Å²) in [7, 11) is 0. The minimum atomic E-state index is -0.323. The number of anilines is 1. The molecule has 1 amide bonds. The lowest BCUT2D eigenvalue weighted by Crippen LogP contribution is -2.11. The van der Waals surface area contributed by atoms with Crippen molar-refractivity contribution in [3.05, 3.63) is 49.9 Å². The van der Waals surface area contributed by atoms with Crippen molar-refractivity contribution in [2.24, 2.45) is 0 Å². The Bertz CT molecular complexity index is 859. The van der Waals surface area contributed by atoms with Gasteiger partial charge in [-0.25, -0.2) is 4.98 Å². The maximum Gasteiger partial charge on any atom is 0.259 e. The Hall–Kier alpha value is -1.60. The number of nitrogens with one attached hydrogen (secondary N) is 1. The standard InChI is InChI=1S/C16H12Cl2N2O2S2/c1-2-22-10-5-3-9(4-6-10)12-8-23-16(19-12)20-15(21)11-7-13(17)24-14(11)18/h3-8H,2H2,1H3,(H,19,20,21). The largest absolute Gasteiger partial charge is 0.494 e. The van der Waals surface area contributed by atoms with E-state index in [9.17, 15) is 4.79 Å². The summed E-state index contributed by atoms with van der Waals surface area (Å²) in [6.45, 7) is 2.57. The quantitative estimate of drug-likeness (QED) is 0.587. The molecule has 0 saturated carbocycles. The fourth-order valence-electron chi connectivity index (χ4n) is 2.01. The third-order valence-corrected chi connectivity index (χ3v) is 5.33. The van der Waals surface area contributed by atoms with Crippen LogP contribution in [-0.4, -0.2) is 17.5 Å². The lowest BCUT2D eigenvalue weighted by Gasteiger charge is -2.03. The zero-order valence-corrected chi connectivity index (χ0v) is 15.7. The second-order valence-electron chi connectivity index (χ2n) is 4.69. The van der Waals surface area contributed by atoms with Crippen molar-refractivity contribution in [1.82, 2.24) is 4.98 Å². The fourth-order valence-corrected chi connectivity index (χ4v) is 4.18. The van der Waals surface area contributed by atoms with Crippen molar-refractivity contribution in [3.8, 4) is 17.0 Å². The van der Waals surface area contributed by atoms with Crippen LogP contribution in [0.2, 0.25) is 8.67 Å². The van der Waals surface area contributed by atoms with E-state index in [0.717, 1.165) is 28.3 Å². The minimum Gasteiger partial charge on any atom is -0.494 e. The molecule has 8 heteroatoms. The minimum absolute atomic E-state index is 0.323. The number of aromatic nitrogens is 1. The van der Waals surface area contributed by atoms with Crippen LogP contribution < -0.4 is 10.1 Å². The molecule has 0 unspecified atom stereocenters. The number of rotatable bonds is 5. The van der Waals surface area contributed by atoms with E-state index in [0.29, 0.717) is 26.0 Å². The Morgan fingerprint density at radius 3 is 2.67 bits per heavy atom. The summed E-state index contributed by atoms with van der Waals surface area (Å²) in [5, 5.41) is 5.13. The number of halogens is 2. The first kappa shape index (κ1) is 17.2. The Morgan fingerprint density at radius 1 is 1.29 bits per heavy atom. The second-order valence-corrected chi connectivity index (χ2v) is 7.83. The molecule has 0 aliphatic heterocycles.